The Bertz CT molecular complexity index is 391. The van der Waals surface area contributed by atoms with Gasteiger partial charge in [0.05, 0.1) is 6.42 Å². The second-order valence-corrected chi connectivity index (χ2v) is 6.55. The summed E-state index contributed by atoms with van der Waals surface area (Å²) < 4.78 is 0. The average Bonchev–Trinajstić information content (AvgIpc) is 3.27. The number of carboxylic acid groups (broad SMARTS) is 1. The first-order chi connectivity index (χ1) is 9.65. The van der Waals surface area contributed by atoms with Crippen LogP contribution < -0.4 is 0 Å². The van der Waals surface area contributed by atoms with Gasteiger partial charge in [0.1, 0.15) is 0 Å². The Kier molecular flexibility index (Phi) is 3.85. The summed E-state index contributed by atoms with van der Waals surface area (Å²) in [6, 6.07) is 0.426. The molecule has 1 saturated heterocycles. The molecule has 3 rings (SSSR count). The van der Waals surface area contributed by atoms with E-state index < -0.39 is 5.97 Å². The zero-order valence-electron chi connectivity index (χ0n) is 12.0. The van der Waals surface area contributed by atoms with Crippen molar-refractivity contribution in [2.45, 2.75) is 63.5 Å². The van der Waals surface area contributed by atoms with Crippen LogP contribution >= 0.6 is 0 Å². The maximum atomic E-state index is 12.8. The van der Waals surface area contributed by atoms with Crippen LogP contribution in [0.15, 0.2) is 0 Å². The second kappa shape index (κ2) is 5.62. The third-order valence-electron chi connectivity index (χ3n) is 4.67. The fourth-order valence-electron chi connectivity index (χ4n) is 3.18. The molecule has 0 radical (unpaired) electrons. The standard InChI is InChI=1S/C15H24N2O3/c18-14(19)9-13-3-1-2-8-16(13)15(20)17(12-6-7-12)10-11-4-5-11/h11-13H,1-10H2,(H,18,19). The highest BCUT2D eigenvalue weighted by Crippen LogP contribution is 2.36. The molecule has 1 heterocycles. The minimum absolute atomic E-state index is 0.0909. The topological polar surface area (TPSA) is 60.9 Å². The van der Waals surface area contributed by atoms with Crippen LogP contribution in [0, 0.1) is 5.92 Å². The number of rotatable bonds is 5. The van der Waals surface area contributed by atoms with Gasteiger partial charge in [0.15, 0.2) is 0 Å². The number of amides is 2. The smallest absolute Gasteiger partial charge is 0.320 e. The van der Waals surface area contributed by atoms with Crippen molar-refractivity contribution < 1.29 is 14.7 Å². The largest absolute Gasteiger partial charge is 0.481 e. The molecule has 20 heavy (non-hydrogen) atoms. The van der Waals surface area contributed by atoms with Crippen LogP contribution in [0.3, 0.4) is 0 Å². The maximum Gasteiger partial charge on any atom is 0.320 e. The van der Waals surface area contributed by atoms with Crippen molar-refractivity contribution in [3.8, 4) is 0 Å². The molecule has 1 unspecified atom stereocenters. The summed E-state index contributed by atoms with van der Waals surface area (Å²) in [7, 11) is 0. The Balaban J connectivity index is 1.66. The monoisotopic (exact) mass is 280 g/mol. The zero-order chi connectivity index (χ0) is 14.1. The Hall–Kier alpha value is -1.26. The van der Waals surface area contributed by atoms with E-state index in [1.54, 1.807) is 0 Å². The zero-order valence-corrected chi connectivity index (χ0v) is 12.0. The Morgan fingerprint density at radius 1 is 1.10 bits per heavy atom. The molecule has 1 aliphatic heterocycles. The fraction of sp³-hybridized carbons (Fsp3) is 0.867. The summed E-state index contributed by atoms with van der Waals surface area (Å²) in [5.41, 5.74) is 0. The molecule has 2 saturated carbocycles. The van der Waals surface area contributed by atoms with E-state index in [-0.39, 0.29) is 18.5 Å². The molecule has 2 aliphatic carbocycles. The third-order valence-corrected chi connectivity index (χ3v) is 4.67. The van der Waals surface area contributed by atoms with Crippen molar-refractivity contribution in [2.24, 2.45) is 5.92 Å². The first-order valence-electron chi connectivity index (χ1n) is 7.94. The highest BCUT2D eigenvalue weighted by molar-refractivity contribution is 5.77. The Morgan fingerprint density at radius 2 is 1.85 bits per heavy atom. The average molecular weight is 280 g/mol. The second-order valence-electron chi connectivity index (χ2n) is 6.55. The van der Waals surface area contributed by atoms with Gasteiger partial charge in [0, 0.05) is 25.2 Å². The van der Waals surface area contributed by atoms with Crippen LogP contribution in [0.4, 0.5) is 4.79 Å². The molecular formula is C15H24N2O3. The van der Waals surface area contributed by atoms with Crippen LogP contribution in [0.2, 0.25) is 0 Å². The number of carbonyl (C=O) groups is 2. The summed E-state index contributed by atoms with van der Waals surface area (Å²) in [5.74, 6) is -0.0999. The molecule has 5 heteroatoms. The van der Waals surface area contributed by atoms with Crippen LogP contribution in [-0.2, 0) is 4.79 Å². The number of hydrogen-bond acceptors (Lipinski definition) is 2. The first kappa shape index (κ1) is 13.7. The molecule has 3 fully saturated rings. The number of nitrogens with zero attached hydrogens (tertiary/aromatic N) is 2. The lowest BCUT2D eigenvalue weighted by Gasteiger charge is -2.38. The third kappa shape index (κ3) is 3.25. The van der Waals surface area contributed by atoms with E-state index >= 15 is 0 Å². The minimum atomic E-state index is -0.796. The molecule has 0 bridgehead atoms. The van der Waals surface area contributed by atoms with Crippen molar-refractivity contribution in [3.63, 3.8) is 0 Å². The Morgan fingerprint density at radius 3 is 2.45 bits per heavy atom. The molecule has 1 atom stereocenters. The molecule has 0 aromatic carbocycles. The number of carbonyl (C=O) groups excluding carboxylic acids is 1. The van der Waals surface area contributed by atoms with Crippen LogP contribution in [-0.4, -0.2) is 52.1 Å². The lowest BCUT2D eigenvalue weighted by Crippen LogP contribution is -2.52. The van der Waals surface area contributed by atoms with E-state index in [1.165, 1.54) is 12.8 Å². The van der Waals surface area contributed by atoms with Crippen molar-refractivity contribution in [1.82, 2.24) is 9.80 Å². The van der Waals surface area contributed by atoms with Crippen molar-refractivity contribution in [2.75, 3.05) is 13.1 Å². The van der Waals surface area contributed by atoms with Crippen LogP contribution in [0.5, 0.6) is 0 Å². The number of carboxylic acids is 1. The molecule has 1 N–H and O–H groups in total. The molecular weight excluding hydrogens is 256 g/mol. The van der Waals surface area contributed by atoms with Crippen LogP contribution in [0.25, 0.3) is 0 Å². The molecule has 0 spiro atoms. The van der Waals surface area contributed by atoms with Crippen molar-refractivity contribution >= 4 is 12.0 Å². The first-order valence-corrected chi connectivity index (χ1v) is 7.94. The van der Waals surface area contributed by atoms with Gasteiger partial charge >= 0.3 is 12.0 Å². The summed E-state index contributed by atoms with van der Waals surface area (Å²) in [5, 5.41) is 9.03. The van der Waals surface area contributed by atoms with E-state index in [4.69, 9.17) is 5.11 Å². The van der Waals surface area contributed by atoms with Gasteiger partial charge in [-0.15, -0.1) is 0 Å². The summed E-state index contributed by atoms with van der Waals surface area (Å²) in [6.07, 6.45) is 7.70. The number of aliphatic carboxylic acids is 1. The predicted octanol–water partition coefficient (Wildman–Crippen LogP) is 2.31. The molecule has 112 valence electrons. The number of likely N-dealkylation sites (tertiary alicyclic amines) is 1. The van der Waals surface area contributed by atoms with Gasteiger partial charge in [0.2, 0.25) is 0 Å². The van der Waals surface area contributed by atoms with Gasteiger partial charge in [-0.1, -0.05) is 0 Å². The van der Waals surface area contributed by atoms with Gasteiger partial charge < -0.3 is 14.9 Å². The van der Waals surface area contributed by atoms with E-state index in [0.717, 1.165) is 45.2 Å². The summed E-state index contributed by atoms with van der Waals surface area (Å²) >= 11 is 0. The van der Waals surface area contributed by atoms with E-state index in [2.05, 4.69) is 0 Å². The fourth-order valence-corrected chi connectivity index (χ4v) is 3.18. The lowest BCUT2D eigenvalue weighted by atomic mass is 10.00. The predicted molar refractivity (Wildman–Crippen MR) is 74.4 cm³/mol. The summed E-state index contributed by atoms with van der Waals surface area (Å²) in [4.78, 5) is 27.7. The SMILES string of the molecule is O=C(O)CC1CCCCN1C(=O)N(CC1CC1)C1CC1. The van der Waals surface area contributed by atoms with Gasteiger partial charge in [-0.3, -0.25) is 4.79 Å². The highest BCUT2D eigenvalue weighted by Gasteiger charge is 2.40. The number of piperidine rings is 1. The Labute approximate surface area is 119 Å². The number of urea groups is 1. The lowest BCUT2D eigenvalue weighted by molar-refractivity contribution is -0.138. The summed E-state index contributed by atoms with van der Waals surface area (Å²) in [6.45, 7) is 1.62. The molecule has 0 aromatic heterocycles. The van der Waals surface area contributed by atoms with Gasteiger partial charge in [-0.05, 0) is 50.9 Å². The van der Waals surface area contributed by atoms with Crippen LogP contribution in [0.1, 0.15) is 51.4 Å². The van der Waals surface area contributed by atoms with Gasteiger partial charge in [0.25, 0.3) is 0 Å². The molecule has 2 amide bonds. The van der Waals surface area contributed by atoms with Crippen molar-refractivity contribution in [1.29, 1.82) is 0 Å². The molecule has 3 aliphatic rings. The normalized spacial score (nSPS) is 26.4. The maximum absolute atomic E-state index is 12.8. The van der Waals surface area contributed by atoms with Gasteiger partial charge in [-0.2, -0.15) is 0 Å². The van der Waals surface area contributed by atoms with Gasteiger partial charge in [-0.25, -0.2) is 4.79 Å². The number of hydrogen-bond donors (Lipinski definition) is 1. The van der Waals surface area contributed by atoms with E-state index in [0.29, 0.717) is 12.0 Å². The van der Waals surface area contributed by atoms with E-state index in [9.17, 15) is 9.59 Å². The minimum Gasteiger partial charge on any atom is -0.481 e. The molecule has 0 aromatic rings. The quantitative estimate of drug-likeness (QED) is 0.840. The van der Waals surface area contributed by atoms with Crippen molar-refractivity contribution in [3.05, 3.63) is 0 Å². The van der Waals surface area contributed by atoms with E-state index in [1.807, 2.05) is 9.80 Å². The molecule has 5 nitrogen and oxygen atoms in total. The highest BCUT2D eigenvalue weighted by atomic mass is 16.4.